The highest BCUT2D eigenvalue weighted by Crippen LogP contribution is 2.18. The van der Waals surface area contributed by atoms with Gasteiger partial charge in [0.1, 0.15) is 0 Å². The van der Waals surface area contributed by atoms with Crippen molar-refractivity contribution in [2.24, 2.45) is 0 Å². The van der Waals surface area contributed by atoms with Crippen molar-refractivity contribution in [2.75, 3.05) is 0 Å². The number of esters is 2. The topological polar surface area (TPSA) is 52.6 Å². The summed E-state index contributed by atoms with van der Waals surface area (Å²) in [6, 6.07) is 6.34. The molecule has 2 aliphatic rings. The van der Waals surface area contributed by atoms with E-state index in [1.54, 1.807) is 24.3 Å². The lowest BCUT2D eigenvalue weighted by atomic mass is 10.1. The lowest BCUT2D eigenvalue weighted by Gasteiger charge is -2.16. The molecule has 0 fully saturated rings. The maximum atomic E-state index is 11.9. The molecule has 20 heavy (non-hydrogen) atoms. The largest absolute Gasteiger partial charge is 0.422 e. The molecule has 0 saturated heterocycles. The number of hydrogen-bond donors (Lipinski definition) is 0. The number of fused-ring (bicyclic) bond motifs is 6. The van der Waals surface area contributed by atoms with Gasteiger partial charge in [0, 0.05) is 6.42 Å². The van der Waals surface area contributed by atoms with Crippen molar-refractivity contribution in [3.8, 4) is 0 Å². The van der Waals surface area contributed by atoms with E-state index in [9.17, 15) is 9.59 Å². The molecule has 1 aromatic carbocycles. The van der Waals surface area contributed by atoms with Crippen molar-refractivity contribution in [2.45, 2.75) is 51.7 Å². The van der Waals surface area contributed by atoms with Gasteiger partial charge in [-0.2, -0.15) is 0 Å². The minimum Gasteiger partial charge on any atom is -0.422 e. The first-order valence-corrected chi connectivity index (χ1v) is 7.22. The fraction of sp³-hybridized carbons (Fsp3) is 0.500. The standard InChI is InChI=1S/C16H20O4/c1-2-3-4-5-6-7-14-19-15(17)12-8-9-13(11-10-12)16(18)20-14/h8-11,14H,2-7H2,1H3. The number of hydrogen-bond acceptors (Lipinski definition) is 4. The third-order valence-corrected chi connectivity index (χ3v) is 3.38. The molecule has 108 valence electrons. The summed E-state index contributed by atoms with van der Waals surface area (Å²) in [5.74, 6) is -0.880. The van der Waals surface area contributed by atoms with Crippen LogP contribution in [0.25, 0.3) is 0 Å². The first-order valence-electron chi connectivity index (χ1n) is 7.22. The van der Waals surface area contributed by atoms with E-state index >= 15 is 0 Å². The second kappa shape index (κ2) is 7.08. The maximum Gasteiger partial charge on any atom is 0.341 e. The van der Waals surface area contributed by atoms with Crippen molar-refractivity contribution < 1.29 is 19.1 Å². The van der Waals surface area contributed by atoms with Gasteiger partial charge >= 0.3 is 11.9 Å². The Bertz CT molecular complexity index is 427. The quantitative estimate of drug-likeness (QED) is 0.587. The Labute approximate surface area is 119 Å². The van der Waals surface area contributed by atoms with Gasteiger partial charge in [-0.3, -0.25) is 0 Å². The Morgan fingerprint density at radius 1 is 0.850 bits per heavy atom. The van der Waals surface area contributed by atoms with Crippen LogP contribution in [-0.2, 0) is 9.47 Å². The van der Waals surface area contributed by atoms with Gasteiger partial charge in [-0.15, -0.1) is 0 Å². The molecule has 2 heterocycles. The zero-order chi connectivity index (χ0) is 14.4. The predicted molar refractivity (Wildman–Crippen MR) is 74.4 cm³/mol. The number of unbranched alkanes of at least 4 members (excludes halogenated alkanes) is 4. The van der Waals surface area contributed by atoms with Crippen molar-refractivity contribution >= 4 is 11.9 Å². The molecule has 0 atom stereocenters. The third-order valence-electron chi connectivity index (χ3n) is 3.38. The molecule has 4 heteroatoms. The Balaban J connectivity index is 1.93. The average Bonchev–Trinajstić information content (AvgIpc) is 2.54. The highest BCUT2D eigenvalue weighted by Gasteiger charge is 2.23. The summed E-state index contributed by atoms with van der Waals surface area (Å²) < 4.78 is 10.5. The summed E-state index contributed by atoms with van der Waals surface area (Å²) in [5.41, 5.74) is 0.895. The van der Waals surface area contributed by atoms with Gasteiger partial charge < -0.3 is 9.47 Å². The minimum atomic E-state index is -0.776. The molecular formula is C16H20O4. The molecule has 0 aliphatic carbocycles. The maximum absolute atomic E-state index is 11.9. The van der Waals surface area contributed by atoms with E-state index in [4.69, 9.17) is 9.47 Å². The average molecular weight is 276 g/mol. The van der Waals surface area contributed by atoms with E-state index in [1.165, 1.54) is 12.8 Å². The number of benzene rings is 1. The SMILES string of the molecule is CCCCCCCC1OC(=O)c2ccc(cc2)C(=O)O1. The lowest BCUT2D eigenvalue weighted by molar-refractivity contribution is -0.0833. The lowest BCUT2D eigenvalue weighted by Crippen LogP contribution is -2.23. The zero-order valence-electron chi connectivity index (χ0n) is 11.8. The van der Waals surface area contributed by atoms with Crippen molar-refractivity contribution in [1.82, 2.24) is 0 Å². The van der Waals surface area contributed by atoms with Crippen LogP contribution >= 0.6 is 0 Å². The summed E-state index contributed by atoms with van der Waals surface area (Å²) in [6.45, 7) is 2.16. The highest BCUT2D eigenvalue weighted by molar-refractivity contribution is 5.94. The van der Waals surface area contributed by atoms with E-state index in [2.05, 4.69) is 6.92 Å². The molecule has 0 radical (unpaired) electrons. The van der Waals surface area contributed by atoms with E-state index in [1.807, 2.05) is 0 Å². The van der Waals surface area contributed by atoms with Crippen LogP contribution < -0.4 is 0 Å². The normalized spacial score (nSPS) is 15.2. The van der Waals surface area contributed by atoms with E-state index < -0.39 is 18.2 Å². The highest BCUT2D eigenvalue weighted by atomic mass is 16.7. The Hall–Kier alpha value is -1.84. The van der Waals surface area contributed by atoms with Crippen molar-refractivity contribution in [3.63, 3.8) is 0 Å². The number of rotatable bonds is 6. The summed E-state index contributed by atoms with van der Waals surface area (Å²) in [5, 5.41) is 0. The predicted octanol–water partition coefficient (Wildman–Crippen LogP) is 3.70. The molecule has 0 amide bonds. The summed E-state index contributed by atoms with van der Waals surface area (Å²) in [6.07, 6.45) is 5.27. The minimum absolute atomic E-state index is 0.440. The number of carbonyl (C=O) groups excluding carboxylic acids is 2. The van der Waals surface area contributed by atoms with Gasteiger partial charge in [0.05, 0.1) is 11.1 Å². The monoisotopic (exact) mass is 276 g/mol. The molecule has 4 nitrogen and oxygen atoms in total. The molecule has 0 saturated carbocycles. The number of ether oxygens (including phenoxy) is 2. The molecule has 3 rings (SSSR count). The molecular weight excluding hydrogens is 256 g/mol. The fourth-order valence-electron chi connectivity index (χ4n) is 2.17. The molecule has 0 aromatic heterocycles. The van der Waals surface area contributed by atoms with Crippen LogP contribution in [0.3, 0.4) is 0 Å². The van der Waals surface area contributed by atoms with Crippen LogP contribution in [0.1, 0.15) is 66.2 Å². The number of carbonyl (C=O) groups is 2. The zero-order valence-corrected chi connectivity index (χ0v) is 11.8. The molecule has 0 unspecified atom stereocenters. The van der Waals surface area contributed by atoms with Crippen LogP contribution in [-0.4, -0.2) is 18.2 Å². The van der Waals surface area contributed by atoms with Crippen molar-refractivity contribution in [3.05, 3.63) is 35.4 Å². The van der Waals surface area contributed by atoms with Gasteiger partial charge in [-0.25, -0.2) is 9.59 Å². The molecule has 2 bridgehead atoms. The van der Waals surface area contributed by atoms with E-state index in [0.717, 1.165) is 19.3 Å². The van der Waals surface area contributed by atoms with Crippen LogP contribution in [0.4, 0.5) is 0 Å². The van der Waals surface area contributed by atoms with Crippen LogP contribution in [0.15, 0.2) is 24.3 Å². The van der Waals surface area contributed by atoms with Gasteiger partial charge in [0.15, 0.2) is 0 Å². The second-order valence-electron chi connectivity index (χ2n) is 5.02. The van der Waals surface area contributed by atoms with Crippen LogP contribution in [0.5, 0.6) is 0 Å². The summed E-state index contributed by atoms with van der Waals surface area (Å²) in [4.78, 5) is 23.7. The Morgan fingerprint density at radius 2 is 1.35 bits per heavy atom. The van der Waals surface area contributed by atoms with Gasteiger partial charge in [0.2, 0.25) is 6.29 Å². The fourth-order valence-corrected chi connectivity index (χ4v) is 2.17. The van der Waals surface area contributed by atoms with E-state index in [0.29, 0.717) is 17.5 Å². The first-order chi connectivity index (χ1) is 9.70. The Kier molecular flexibility index (Phi) is 5.16. The van der Waals surface area contributed by atoms with Gasteiger partial charge in [-0.05, 0) is 30.7 Å². The summed E-state index contributed by atoms with van der Waals surface area (Å²) in [7, 11) is 0. The first kappa shape index (κ1) is 14.6. The van der Waals surface area contributed by atoms with Crippen LogP contribution in [0, 0.1) is 0 Å². The molecule has 0 spiro atoms. The second-order valence-corrected chi connectivity index (χ2v) is 5.02. The third kappa shape index (κ3) is 3.83. The van der Waals surface area contributed by atoms with E-state index in [-0.39, 0.29) is 0 Å². The van der Waals surface area contributed by atoms with Crippen LogP contribution in [0.2, 0.25) is 0 Å². The Morgan fingerprint density at radius 3 is 1.85 bits per heavy atom. The smallest absolute Gasteiger partial charge is 0.341 e. The van der Waals surface area contributed by atoms with Gasteiger partial charge in [-0.1, -0.05) is 32.6 Å². The molecule has 0 N–H and O–H groups in total. The summed E-state index contributed by atoms with van der Waals surface area (Å²) >= 11 is 0. The van der Waals surface area contributed by atoms with Gasteiger partial charge in [0.25, 0.3) is 0 Å². The van der Waals surface area contributed by atoms with Crippen molar-refractivity contribution in [1.29, 1.82) is 0 Å². The molecule has 1 aromatic rings. The molecule has 2 aliphatic heterocycles.